The van der Waals surface area contributed by atoms with Gasteiger partial charge in [0.2, 0.25) is 5.91 Å². The first kappa shape index (κ1) is 14.0. The summed E-state index contributed by atoms with van der Waals surface area (Å²) in [4.78, 5) is 22.3. The van der Waals surface area contributed by atoms with E-state index >= 15 is 0 Å². The molecule has 0 radical (unpaired) electrons. The zero-order valence-electron chi connectivity index (χ0n) is 10.4. The van der Waals surface area contributed by atoms with Crippen molar-refractivity contribution in [1.82, 2.24) is 5.32 Å². The first-order valence-corrected chi connectivity index (χ1v) is 5.79. The summed E-state index contributed by atoms with van der Waals surface area (Å²) >= 11 is 0. The van der Waals surface area contributed by atoms with Crippen LogP contribution in [0.15, 0.2) is 24.3 Å². The van der Waals surface area contributed by atoms with Crippen molar-refractivity contribution >= 4 is 17.6 Å². The van der Waals surface area contributed by atoms with E-state index in [1.165, 1.54) is 7.11 Å². The van der Waals surface area contributed by atoms with Crippen LogP contribution in [0.5, 0.6) is 0 Å². The largest absolute Gasteiger partial charge is 0.469 e. The monoisotopic (exact) mass is 250 g/mol. The van der Waals surface area contributed by atoms with E-state index in [-0.39, 0.29) is 18.3 Å². The zero-order chi connectivity index (χ0) is 13.4. The highest BCUT2D eigenvalue weighted by Gasteiger charge is 2.04. The normalized spacial score (nSPS) is 9.83. The lowest BCUT2D eigenvalue weighted by Gasteiger charge is -2.05. The van der Waals surface area contributed by atoms with Gasteiger partial charge in [0.1, 0.15) is 0 Å². The minimum Gasteiger partial charge on any atom is -0.469 e. The minimum absolute atomic E-state index is 0.0821. The number of hydrogen-bond donors (Lipinski definition) is 2. The number of benzene rings is 1. The van der Waals surface area contributed by atoms with E-state index in [0.29, 0.717) is 25.1 Å². The molecule has 0 aliphatic rings. The molecule has 1 aromatic carbocycles. The minimum atomic E-state index is -0.328. The number of ether oxygens (including phenoxy) is 1. The molecule has 5 nitrogen and oxygen atoms in total. The molecule has 5 heteroatoms. The molecule has 0 aliphatic heterocycles. The van der Waals surface area contributed by atoms with Crippen LogP contribution in [0.4, 0.5) is 5.69 Å². The van der Waals surface area contributed by atoms with E-state index in [0.717, 1.165) is 5.56 Å². The van der Waals surface area contributed by atoms with Crippen molar-refractivity contribution in [1.29, 1.82) is 0 Å². The Kier molecular flexibility index (Phi) is 5.70. The number of hydrogen-bond acceptors (Lipinski definition) is 4. The molecule has 98 valence electrons. The zero-order valence-corrected chi connectivity index (χ0v) is 10.4. The van der Waals surface area contributed by atoms with Gasteiger partial charge in [-0.25, -0.2) is 0 Å². The number of nitrogen functional groups attached to an aromatic ring is 1. The number of methoxy groups -OCH3 is 1. The molecular weight excluding hydrogens is 232 g/mol. The number of amides is 1. The van der Waals surface area contributed by atoms with Gasteiger partial charge in [0, 0.05) is 18.7 Å². The molecule has 0 spiro atoms. The number of carbonyl (C=O) groups excluding carboxylic acids is 2. The molecule has 1 rings (SSSR count). The summed E-state index contributed by atoms with van der Waals surface area (Å²) in [5.74, 6) is -0.410. The fourth-order valence-corrected chi connectivity index (χ4v) is 1.50. The predicted molar refractivity (Wildman–Crippen MR) is 68.8 cm³/mol. The van der Waals surface area contributed by atoms with Crippen LogP contribution in [0, 0.1) is 0 Å². The van der Waals surface area contributed by atoms with Crippen LogP contribution in [-0.4, -0.2) is 25.5 Å². The molecule has 0 atom stereocenters. The van der Waals surface area contributed by atoms with Crippen molar-refractivity contribution in [3.05, 3.63) is 29.8 Å². The fourth-order valence-electron chi connectivity index (χ4n) is 1.50. The second kappa shape index (κ2) is 7.32. The van der Waals surface area contributed by atoms with E-state index < -0.39 is 0 Å². The van der Waals surface area contributed by atoms with Gasteiger partial charge in [0.25, 0.3) is 0 Å². The smallest absolute Gasteiger partial charge is 0.307 e. The Morgan fingerprint density at radius 3 is 2.78 bits per heavy atom. The highest BCUT2D eigenvalue weighted by Crippen LogP contribution is 2.08. The third-order valence-electron chi connectivity index (χ3n) is 2.47. The molecule has 0 heterocycles. The van der Waals surface area contributed by atoms with Gasteiger partial charge in [0.15, 0.2) is 0 Å². The van der Waals surface area contributed by atoms with Gasteiger partial charge in [-0.1, -0.05) is 12.1 Å². The van der Waals surface area contributed by atoms with Crippen LogP contribution >= 0.6 is 0 Å². The molecule has 18 heavy (non-hydrogen) atoms. The van der Waals surface area contributed by atoms with E-state index in [4.69, 9.17) is 5.73 Å². The number of aryl methyl sites for hydroxylation is 1. The number of nitrogens with two attached hydrogens (primary N) is 1. The topological polar surface area (TPSA) is 81.4 Å². The Labute approximate surface area is 106 Å². The molecule has 1 amide bonds. The van der Waals surface area contributed by atoms with Crippen molar-refractivity contribution in [3.8, 4) is 0 Å². The molecule has 0 bridgehead atoms. The van der Waals surface area contributed by atoms with Crippen LogP contribution in [0.3, 0.4) is 0 Å². The third kappa shape index (κ3) is 5.34. The SMILES string of the molecule is COC(=O)CCNC(=O)CCc1cccc(N)c1. The summed E-state index contributed by atoms with van der Waals surface area (Å²) in [6.07, 6.45) is 1.21. The Morgan fingerprint density at radius 2 is 2.11 bits per heavy atom. The molecule has 0 fully saturated rings. The van der Waals surface area contributed by atoms with Gasteiger partial charge < -0.3 is 15.8 Å². The van der Waals surface area contributed by atoms with E-state index in [9.17, 15) is 9.59 Å². The van der Waals surface area contributed by atoms with Crippen LogP contribution in [0.25, 0.3) is 0 Å². The van der Waals surface area contributed by atoms with Crippen molar-refractivity contribution in [2.45, 2.75) is 19.3 Å². The van der Waals surface area contributed by atoms with Gasteiger partial charge in [0.05, 0.1) is 13.5 Å². The summed E-state index contributed by atoms with van der Waals surface area (Å²) in [5.41, 5.74) is 7.36. The second-order valence-corrected chi connectivity index (χ2v) is 3.92. The molecule has 0 saturated heterocycles. The predicted octanol–water partition coefficient (Wildman–Crippen LogP) is 0.881. The van der Waals surface area contributed by atoms with Crippen LogP contribution in [-0.2, 0) is 20.7 Å². The fraction of sp³-hybridized carbons (Fsp3) is 0.385. The van der Waals surface area contributed by atoms with Crippen LogP contribution < -0.4 is 11.1 Å². The second-order valence-electron chi connectivity index (χ2n) is 3.92. The van der Waals surface area contributed by atoms with Gasteiger partial charge in [-0.3, -0.25) is 9.59 Å². The maximum atomic E-state index is 11.5. The highest BCUT2D eigenvalue weighted by atomic mass is 16.5. The summed E-state index contributed by atoms with van der Waals surface area (Å²) in [6, 6.07) is 7.44. The molecule has 3 N–H and O–H groups in total. The highest BCUT2D eigenvalue weighted by molar-refractivity contribution is 5.77. The van der Waals surface area contributed by atoms with E-state index in [2.05, 4.69) is 10.1 Å². The van der Waals surface area contributed by atoms with Crippen molar-refractivity contribution < 1.29 is 14.3 Å². The van der Waals surface area contributed by atoms with Gasteiger partial charge in [-0.15, -0.1) is 0 Å². The quantitative estimate of drug-likeness (QED) is 0.580. The first-order chi connectivity index (χ1) is 8.61. The van der Waals surface area contributed by atoms with Crippen LogP contribution in [0.1, 0.15) is 18.4 Å². The Balaban J connectivity index is 2.23. The summed E-state index contributed by atoms with van der Waals surface area (Å²) < 4.78 is 4.47. The van der Waals surface area contributed by atoms with Crippen molar-refractivity contribution in [3.63, 3.8) is 0 Å². The maximum absolute atomic E-state index is 11.5. The van der Waals surface area contributed by atoms with E-state index in [1.807, 2.05) is 18.2 Å². The average molecular weight is 250 g/mol. The van der Waals surface area contributed by atoms with Gasteiger partial charge in [-0.2, -0.15) is 0 Å². The summed E-state index contributed by atoms with van der Waals surface area (Å²) in [7, 11) is 1.32. The average Bonchev–Trinajstić information content (AvgIpc) is 2.36. The molecule has 0 aliphatic carbocycles. The lowest BCUT2D eigenvalue weighted by molar-refractivity contribution is -0.140. The Morgan fingerprint density at radius 1 is 1.33 bits per heavy atom. The first-order valence-electron chi connectivity index (χ1n) is 5.79. The third-order valence-corrected chi connectivity index (χ3v) is 2.47. The van der Waals surface area contributed by atoms with Gasteiger partial charge in [-0.05, 0) is 24.1 Å². The van der Waals surface area contributed by atoms with E-state index in [1.54, 1.807) is 6.07 Å². The van der Waals surface area contributed by atoms with Crippen molar-refractivity contribution in [2.75, 3.05) is 19.4 Å². The number of nitrogens with one attached hydrogen (secondary N) is 1. The molecule has 0 unspecified atom stereocenters. The Bertz CT molecular complexity index is 418. The van der Waals surface area contributed by atoms with Crippen LogP contribution in [0.2, 0.25) is 0 Å². The van der Waals surface area contributed by atoms with Gasteiger partial charge >= 0.3 is 5.97 Å². The summed E-state index contributed by atoms with van der Waals surface area (Å²) in [5, 5.41) is 2.66. The lowest BCUT2D eigenvalue weighted by atomic mass is 10.1. The number of anilines is 1. The Hall–Kier alpha value is -2.04. The standard InChI is InChI=1S/C13H18N2O3/c1-18-13(17)7-8-15-12(16)6-5-10-3-2-4-11(14)9-10/h2-4,9H,5-8,14H2,1H3,(H,15,16). The molecule has 1 aromatic rings. The summed E-state index contributed by atoms with van der Waals surface area (Å²) in [6.45, 7) is 0.308. The lowest BCUT2D eigenvalue weighted by Crippen LogP contribution is -2.26. The van der Waals surface area contributed by atoms with Crippen molar-refractivity contribution in [2.24, 2.45) is 0 Å². The maximum Gasteiger partial charge on any atom is 0.307 e. The number of esters is 1. The number of rotatable bonds is 6. The molecular formula is C13H18N2O3. The molecule has 0 aromatic heterocycles. The number of carbonyl (C=O) groups is 2. The molecule has 0 saturated carbocycles.